The van der Waals surface area contributed by atoms with Crippen molar-refractivity contribution in [1.29, 1.82) is 0 Å². The number of hydrogen-bond acceptors (Lipinski definition) is 1. The second kappa shape index (κ2) is 3.69. The Hall–Kier alpha value is -1.63. The molecule has 1 aliphatic rings. The second-order valence-electron chi connectivity index (χ2n) is 5.13. The summed E-state index contributed by atoms with van der Waals surface area (Å²) in [5.41, 5.74) is 3.44. The molecule has 1 heteroatoms. The van der Waals surface area contributed by atoms with E-state index in [2.05, 4.69) is 37.3 Å². The number of rotatable bonds is 0. The van der Waals surface area contributed by atoms with E-state index in [0.29, 0.717) is 5.78 Å². The molecule has 1 nitrogen and oxygen atoms in total. The lowest BCUT2D eigenvalue weighted by atomic mass is 9.81. The minimum atomic E-state index is 0.175. The molecule has 0 bridgehead atoms. The molecule has 86 valence electrons. The molecule has 0 radical (unpaired) electrons. The van der Waals surface area contributed by atoms with Gasteiger partial charge in [-0.15, -0.1) is 0 Å². The third-order valence-corrected chi connectivity index (χ3v) is 3.80. The largest absolute Gasteiger partial charge is 0.294 e. The third-order valence-electron chi connectivity index (χ3n) is 3.80. The van der Waals surface area contributed by atoms with Gasteiger partial charge in [0.15, 0.2) is 5.78 Å². The zero-order valence-electron chi connectivity index (χ0n) is 10.3. The zero-order chi connectivity index (χ0) is 12.0. The summed E-state index contributed by atoms with van der Waals surface area (Å²) in [4.78, 5) is 12.3. The van der Waals surface area contributed by atoms with Gasteiger partial charge in [-0.05, 0) is 36.1 Å². The Kier molecular flexibility index (Phi) is 2.29. The first kappa shape index (κ1) is 10.5. The molecular formula is C16H16O. The fourth-order valence-electron chi connectivity index (χ4n) is 2.74. The van der Waals surface area contributed by atoms with E-state index in [9.17, 15) is 4.79 Å². The maximum absolute atomic E-state index is 12.3. The average molecular weight is 224 g/mol. The molecule has 1 aliphatic carbocycles. The molecule has 2 aromatic carbocycles. The minimum absolute atomic E-state index is 0.175. The highest BCUT2D eigenvalue weighted by atomic mass is 16.1. The quantitative estimate of drug-likeness (QED) is 0.663. The molecule has 0 aromatic heterocycles. The molecule has 0 saturated heterocycles. The number of hydrogen-bond donors (Lipinski definition) is 0. The van der Waals surface area contributed by atoms with Crippen LogP contribution in [0, 0.1) is 12.8 Å². The van der Waals surface area contributed by atoms with Crippen LogP contribution >= 0.6 is 0 Å². The molecule has 2 aromatic rings. The van der Waals surface area contributed by atoms with Crippen LogP contribution in [0.3, 0.4) is 0 Å². The van der Waals surface area contributed by atoms with E-state index in [0.717, 1.165) is 23.8 Å². The number of aryl methyl sites for hydroxylation is 2. The summed E-state index contributed by atoms with van der Waals surface area (Å²) in [5, 5.41) is 2.32. The third kappa shape index (κ3) is 1.57. The van der Waals surface area contributed by atoms with Crippen molar-refractivity contribution < 1.29 is 4.79 Å². The lowest BCUT2D eigenvalue weighted by Crippen LogP contribution is -2.20. The molecule has 0 fully saturated rings. The van der Waals surface area contributed by atoms with Crippen molar-refractivity contribution in [2.24, 2.45) is 5.92 Å². The summed E-state index contributed by atoms with van der Waals surface area (Å²) >= 11 is 0. The van der Waals surface area contributed by atoms with Gasteiger partial charge in [0.1, 0.15) is 0 Å². The Morgan fingerprint density at radius 3 is 2.82 bits per heavy atom. The SMILES string of the molecule is Cc1ccc2c3c(ccc2c1)CC[C@H](C)C3=O. The minimum Gasteiger partial charge on any atom is -0.294 e. The summed E-state index contributed by atoms with van der Waals surface area (Å²) in [5.74, 6) is 0.495. The maximum atomic E-state index is 12.3. The van der Waals surface area contributed by atoms with Crippen LogP contribution in [0.15, 0.2) is 30.3 Å². The maximum Gasteiger partial charge on any atom is 0.166 e. The summed E-state index contributed by atoms with van der Waals surface area (Å²) in [6.07, 6.45) is 2.02. The average Bonchev–Trinajstić information content (AvgIpc) is 2.33. The van der Waals surface area contributed by atoms with Crippen molar-refractivity contribution in [1.82, 2.24) is 0 Å². The number of ketones is 1. The van der Waals surface area contributed by atoms with Crippen LogP contribution in [0.5, 0.6) is 0 Å². The van der Waals surface area contributed by atoms with Gasteiger partial charge in [0.2, 0.25) is 0 Å². The highest BCUT2D eigenvalue weighted by Gasteiger charge is 2.25. The summed E-state index contributed by atoms with van der Waals surface area (Å²) < 4.78 is 0. The first-order valence-electron chi connectivity index (χ1n) is 6.23. The zero-order valence-corrected chi connectivity index (χ0v) is 10.3. The molecule has 0 N–H and O–H groups in total. The van der Waals surface area contributed by atoms with Crippen molar-refractivity contribution in [3.8, 4) is 0 Å². The Morgan fingerprint density at radius 2 is 2.00 bits per heavy atom. The van der Waals surface area contributed by atoms with Crippen molar-refractivity contribution in [2.45, 2.75) is 26.7 Å². The van der Waals surface area contributed by atoms with E-state index in [-0.39, 0.29) is 5.92 Å². The predicted octanol–water partition coefficient (Wildman–Crippen LogP) is 3.91. The van der Waals surface area contributed by atoms with Crippen LogP contribution in [-0.2, 0) is 6.42 Å². The van der Waals surface area contributed by atoms with Crippen LogP contribution in [0.1, 0.15) is 34.8 Å². The van der Waals surface area contributed by atoms with E-state index in [4.69, 9.17) is 0 Å². The summed E-state index contributed by atoms with van der Waals surface area (Å²) in [7, 11) is 0. The van der Waals surface area contributed by atoms with Gasteiger partial charge < -0.3 is 0 Å². The fourth-order valence-corrected chi connectivity index (χ4v) is 2.74. The molecule has 0 aliphatic heterocycles. The molecule has 0 unspecified atom stereocenters. The van der Waals surface area contributed by atoms with E-state index in [1.54, 1.807) is 0 Å². The van der Waals surface area contributed by atoms with Crippen LogP contribution in [0.2, 0.25) is 0 Å². The van der Waals surface area contributed by atoms with Gasteiger partial charge in [0, 0.05) is 11.5 Å². The first-order chi connectivity index (χ1) is 8.16. The molecule has 17 heavy (non-hydrogen) atoms. The highest BCUT2D eigenvalue weighted by Crippen LogP contribution is 2.31. The van der Waals surface area contributed by atoms with E-state index in [1.165, 1.54) is 16.5 Å². The highest BCUT2D eigenvalue weighted by molar-refractivity contribution is 6.11. The van der Waals surface area contributed by atoms with E-state index < -0.39 is 0 Å². The normalized spacial score (nSPS) is 19.4. The van der Waals surface area contributed by atoms with Gasteiger partial charge in [-0.2, -0.15) is 0 Å². The molecule has 0 heterocycles. The van der Waals surface area contributed by atoms with Crippen LogP contribution < -0.4 is 0 Å². The van der Waals surface area contributed by atoms with Crippen LogP contribution in [0.4, 0.5) is 0 Å². The predicted molar refractivity (Wildman–Crippen MR) is 70.5 cm³/mol. The topological polar surface area (TPSA) is 17.1 Å². The van der Waals surface area contributed by atoms with Gasteiger partial charge in [0.05, 0.1) is 0 Å². The monoisotopic (exact) mass is 224 g/mol. The molecule has 3 rings (SSSR count). The Labute approximate surface area is 101 Å². The van der Waals surface area contributed by atoms with Gasteiger partial charge >= 0.3 is 0 Å². The molecule has 1 atom stereocenters. The van der Waals surface area contributed by atoms with Gasteiger partial charge in [-0.25, -0.2) is 0 Å². The Morgan fingerprint density at radius 1 is 1.18 bits per heavy atom. The number of carbonyl (C=O) groups excluding carboxylic acids is 1. The Bertz CT molecular complexity index is 610. The molecule has 0 spiro atoms. The van der Waals surface area contributed by atoms with Crippen molar-refractivity contribution in [3.05, 3.63) is 47.0 Å². The van der Waals surface area contributed by atoms with Gasteiger partial charge in [-0.3, -0.25) is 4.79 Å². The van der Waals surface area contributed by atoms with Crippen molar-refractivity contribution in [2.75, 3.05) is 0 Å². The van der Waals surface area contributed by atoms with Crippen molar-refractivity contribution >= 4 is 16.6 Å². The Balaban J connectivity index is 2.34. The lowest BCUT2D eigenvalue weighted by molar-refractivity contribution is 0.0915. The number of fused-ring (bicyclic) bond motifs is 3. The lowest BCUT2D eigenvalue weighted by Gasteiger charge is -2.21. The summed E-state index contributed by atoms with van der Waals surface area (Å²) in [6, 6.07) is 10.6. The smallest absolute Gasteiger partial charge is 0.166 e. The van der Waals surface area contributed by atoms with E-state index in [1.807, 2.05) is 6.92 Å². The van der Waals surface area contributed by atoms with Crippen molar-refractivity contribution in [3.63, 3.8) is 0 Å². The summed E-state index contributed by atoms with van der Waals surface area (Å²) in [6.45, 7) is 4.13. The number of carbonyl (C=O) groups is 1. The van der Waals surface area contributed by atoms with Crippen LogP contribution in [-0.4, -0.2) is 5.78 Å². The fraction of sp³-hybridized carbons (Fsp3) is 0.312. The standard InChI is InChI=1S/C16H16O/c1-10-3-8-14-13(9-10)7-6-12-5-4-11(2)16(17)15(12)14/h3,6-9,11H,4-5H2,1-2H3/t11-/m0/s1. The number of Topliss-reactive ketones (excluding diaryl/α,β-unsaturated/α-hetero) is 1. The number of benzene rings is 2. The second-order valence-corrected chi connectivity index (χ2v) is 5.13. The molecular weight excluding hydrogens is 208 g/mol. The van der Waals surface area contributed by atoms with Gasteiger partial charge in [-0.1, -0.05) is 42.8 Å². The molecule has 0 saturated carbocycles. The van der Waals surface area contributed by atoms with Crippen LogP contribution in [0.25, 0.3) is 10.8 Å². The van der Waals surface area contributed by atoms with E-state index >= 15 is 0 Å². The molecule has 0 amide bonds. The van der Waals surface area contributed by atoms with Gasteiger partial charge in [0.25, 0.3) is 0 Å². The first-order valence-corrected chi connectivity index (χ1v) is 6.23.